The van der Waals surface area contributed by atoms with Crippen LogP contribution < -0.4 is 9.62 Å². The van der Waals surface area contributed by atoms with Gasteiger partial charge in [-0.3, -0.25) is 9.10 Å². The molecule has 2 aromatic carbocycles. The Morgan fingerprint density at radius 3 is 2.60 bits per heavy atom. The third-order valence-electron chi connectivity index (χ3n) is 4.68. The van der Waals surface area contributed by atoms with Crippen LogP contribution in [0.1, 0.15) is 18.3 Å². The molecule has 9 heteroatoms. The second kappa shape index (κ2) is 8.89. The Balaban J connectivity index is 1.81. The largest absolute Gasteiger partial charge is 0.350 e. The summed E-state index contributed by atoms with van der Waals surface area (Å²) in [4.78, 5) is 17.1. The van der Waals surface area contributed by atoms with Crippen LogP contribution in [-0.2, 0) is 21.4 Å². The van der Waals surface area contributed by atoms with Crippen molar-refractivity contribution >= 4 is 33.2 Å². The Kier molecular flexibility index (Phi) is 6.48. The number of amides is 1. The van der Waals surface area contributed by atoms with Crippen molar-refractivity contribution in [3.05, 3.63) is 77.3 Å². The summed E-state index contributed by atoms with van der Waals surface area (Å²) in [5.41, 5.74) is 2.12. The number of carbonyl (C=O) groups excluding carboxylic acids is 1. The van der Waals surface area contributed by atoms with Gasteiger partial charge >= 0.3 is 0 Å². The third-order valence-corrected chi connectivity index (χ3v) is 6.16. The quantitative estimate of drug-likeness (QED) is 0.603. The highest BCUT2D eigenvalue weighted by Crippen LogP contribution is 2.24. The number of carbonyl (C=O) groups is 1. The first-order valence-corrected chi connectivity index (χ1v) is 11.5. The van der Waals surface area contributed by atoms with Crippen LogP contribution >= 0.6 is 11.6 Å². The SMILES string of the molecule is Cc1nccn1-c1ccccc1CNC(=O)[C@@H](C)N(c1cccc(Cl)c1)S(C)(=O)=O. The summed E-state index contributed by atoms with van der Waals surface area (Å²) >= 11 is 6.01. The molecule has 30 heavy (non-hydrogen) atoms. The predicted molar refractivity (Wildman–Crippen MR) is 118 cm³/mol. The van der Waals surface area contributed by atoms with Gasteiger partial charge in [-0.2, -0.15) is 0 Å². The Bertz CT molecular complexity index is 1160. The molecule has 1 aromatic heterocycles. The number of para-hydroxylation sites is 1. The number of imidazole rings is 1. The standard InChI is InChI=1S/C21H23ClN4O3S/c1-15(26(30(3,28)29)19-9-6-8-18(22)13-19)21(27)24-14-17-7-4-5-10-20(17)25-12-11-23-16(25)2/h4-13,15H,14H2,1-3H3,(H,24,27)/t15-/m1/s1. The number of hydrogen-bond donors (Lipinski definition) is 1. The topological polar surface area (TPSA) is 84.3 Å². The Labute approximate surface area is 181 Å². The van der Waals surface area contributed by atoms with Crippen LogP contribution in [0.25, 0.3) is 5.69 Å². The minimum atomic E-state index is -3.71. The average molecular weight is 447 g/mol. The lowest BCUT2D eigenvalue weighted by Gasteiger charge is -2.28. The van der Waals surface area contributed by atoms with Crippen molar-refractivity contribution < 1.29 is 13.2 Å². The van der Waals surface area contributed by atoms with E-state index in [0.29, 0.717) is 10.7 Å². The maximum Gasteiger partial charge on any atom is 0.243 e. The maximum absolute atomic E-state index is 12.9. The first-order chi connectivity index (χ1) is 14.2. The van der Waals surface area contributed by atoms with Crippen LogP contribution in [0.2, 0.25) is 5.02 Å². The van der Waals surface area contributed by atoms with Crippen LogP contribution in [0.3, 0.4) is 0 Å². The van der Waals surface area contributed by atoms with E-state index >= 15 is 0 Å². The van der Waals surface area contributed by atoms with Gasteiger partial charge in [-0.15, -0.1) is 0 Å². The third kappa shape index (κ3) is 4.83. The first-order valence-electron chi connectivity index (χ1n) is 9.29. The molecule has 0 saturated heterocycles. The Hall–Kier alpha value is -2.84. The van der Waals surface area contributed by atoms with Gasteiger partial charge in [0, 0.05) is 24.0 Å². The lowest BCUT2D eigenvalue weighted by atomic mass is 10.1. The van der Waals surface area contributed by atoms with Crippen molar-refractivity contribution in [3.63, 3.8) is 0 Å². The highest BCUT2D eigenvalue weighted by atomic mass is 35.5. The average Bonchev–Trinajstić information content (AvgIpc) is 3.11. The van der Waals surface area contributed by atoms with E-state index in [4.69, 9.17) is 11.6 Å². The van der Waals surface area contributed by atoms with E-state index in [-0.39, 0.29) is 6.54 Å². The second-order valence-electron chi connectivity index (χ2n) is 6.91. The van der Waals surface area contributed by atoms with Gasteiger partial charge in [0.15, 0.2) is 0 Å². The molecule has 1 N–H and O–H groups in total. The number of halogens is 1. The molecule has 0 saturated carbocycles. The van der Waals surface area contributed by atoms with Gasteiger partial charge in [-0.25, -0.2) is 13.4 Å². The van der Waals surface area contributed by atoms with Crippen LogP contribution in [0.15, 0.2) is 60.9 Å². The number of aryl methyl sites for hydroxylation is 1. The van der Waals surface area contributed by atoms with Gasteiger partial charge in [-0.1, -0.05) is 35.9 Å². The molecule has 0 aliphatic carbocycles. The summed E-state index contributed by atoms with van der Waals surface area (Å²) in [6.45, 7) is 3.68. The van der Waals surface area contributed by atoms with Crippen LogP contribution in [0, 0.1) is 6.92 Å². The van der Waals surface area contributed by atoms with Crippen molar-refractivity contribution in [1.82, 2.24) is 14.9 Å². The molecule has 0 spiro atoms. The van der Waals surface area contributed by atoms with E-state index in [1.54, 1.807) is 31.3 Å². The summed E-state index contributed by atoms with van der Waals surface area (Å²) in [5, 5.41) is 3.23. The summed E-state index contributed by atoms with van der Waals surface area (Å²) < 4.78 is 27.8. The number of anilines is 1. The molecule has 3 aromatic rings. The number of rotatable bonds is 7. The lowest BCUT2D eigenvalue weighted by Crippen LogP contribution is -2.47. The normalized spacial score (nSPS) is 12.4. The summed E-state index contributed by atoms with van der Waals surface area (Å²) in [6.07, 6.45) is 4.62. The lowest BCUT2D eigenvalue weighted by molar-refractivity contribution is -0.122. The van der Waals surface area contributed by atoms with Crippen molar-refractivity contribution in [3.8, 4) is 5.69 Å². The van der Waals surface area contributed by atoms with E-state index in [9.17, 15) is 13.2 Å². The van der Waals surface area contributed by atoms with Crippen molar-refractivity contribution in [2.24, 2.45) is 0 Å². The molecule has 1 amide bonds. The smallest absolute Gasteiger partial charge is 0.243 e. The van der Waals surface area contributed by atoms with Gasteiger partial charge in [-0.05, 0) is 43.7 Å². The van der Waals surface area contributed by atoms with Crippen LogP contribution in [0.5, 0.6) is 0 Å². The zero-order chi connectivity index (χ0) is 21.9. The minimum absolute atomic E-state index is 0.240. The highest BCUT2D eigenvalue weighted by Gasteiger charge is 2.29. The first kappa shape index (κ1) is 21.9. The minimum Gasteiger partial charge on any atom is -0.350 e. The zero-order valence-electron chi connectivity index (χ0n) is 16.9. The Morgan fingerprint density at radius 2 is 1.97 bits per heavy atom. The molecule has 0 aliphatic heterocycles. The molecule has 0 aliphatic rings. The van der Waals surface area contributed by atoms with Gasteiger partial charge in [0.1, 0.15) is 11.9 Å². The summed E-state index contributed by atoms with van der Waals surface area (Å²) in [6, 6.07) is 13.1. The molecule has 1 atom stereocenters. The number of sulfonamides is 1. The van der Waals surface area contributed by atoms with Gasteiger partial charge < -0.3 is 9.88 Å². The second-order valence-corrected chi connectivity index (χ2v) is 9.20. The number of nitrogens with zero attached hydrogens (tertiary/aromatic N) is 3. The van der Waals surface area contributed by atoms with Gasteiger partial charge in [0.05, 0.1) is 17.6 Å². The number of aromatic nitrogens is 2. The molecule has 1 heterocycles. The molecule has 0 fully saturated rings. The van der Waals surface area contributed by atoms with Crippen LogP contribution in [0.4, 0.5) is 5.69 Å². The fourth-order valence-corrected chi connectivity index (χ4v) is 4.63. The molecule has 7 nitrogen and oxygen atoms in total. The zero-order valence-corrected chi connectivity index (χ0v) is 18.5. The molecule has 0 radical (unpaired) electrons. The monoisotopic (exact) mass is 446 g/mol. The molecule has 3 rings (SSSR count). The van der Waals surface area contributed by atoms with E-state index < -0.39 is 22.0 Å². The molecular formula is C21H23ClN4O3S. The van der Waals surface area contributed by atoms with Gasteiger partial charge in [0.25, 0.3) is 0 Å². The van der Waals surface area contributed by atoms with Crippen molar-refractivity contribution in [2.75, 3.05) is 10.6 Å². The fourth-order valence-electron chi connectivity index (χ4n) is 3.28. The van der Waals surface area contributed by atoms with Crippen molar-refractivity contribution in [1.29, 1.82) is 0 Å². The fraction of sp³-hybridized carbons (Fsp3) is 0.238. The predicted octanol–water partition coefficient (Wildman–Crippen LogP) is 3.31. The molecular weight excluding hydrogens is 424 g/mol. The van der Waals surface area contributed by atoms with E-state index in [1.165, 1.54) is 6.07 Å². The highest BCUT2D eigenvalue weighted by molar-refractivity contribution is 7.92. The van der Waals surface area contributed by atoms with E-state index in [2.05, 4.69) is 10.3 Å². The number of nitrogens with one attached hydrogen (secondary N) is 1. The number of hydrogen-bond acceptors (Lipinski definition) is 4. The van der Waals surface area contributed by atoms with Crippen LogP contribution in [-0.4, -0.2) is 36.2 Å². The maximum atomic E-state index is 12.9. The molecule has 158 valence electrons. The van der Waals surface area contributed by atoms with E-state index in [1.807, 2.05) is 42.0 Å². The molecule has 0 unspecified atom stereocenters. The molecule has 0 bridgehead atoms. The van der Waals surface area contributed by atoms with Gasteiger partial charge in [0.2, 0.25) is 15.9 Å². The Morgan fingerprint density at radius 1 is 1.23 bits per heavy atom. The van der Waals surface area contributed by atoms with E-state index in [0.717, 1.165) is 27.6 Å². The summed E-state index contributed by atoms with van der Waals surface area (Å²) in [5.74, 6) is 0.406. The summed E-state index contributed by atoms with van der Waals surface area (Å²) in [7, 11) is -3.71. The van der Waals surface area contributed by atoms with Crippen molar-refractivity contribution in [2.45, 2.75) is 26.4 Å². The number of benzene rings is 2.